The van der Waals surface area contributed by atoms with Gasteiger partial charge in [-0.3, -0.25) is 19.8 Å². The van der Waals surface area contributed by atoms with E-state index in [1.807, 2.05) is 0 Å². The van der Waals surface area contributed by atoms with Crippen molar-refractivity contribution in [2.24, 2.45) is 29.3 Å². The number of aromatic carboxylic acids is 1. The molecule has 6 aromatic heterocycles. The van der Waals surface area contributed by atoms with Gasteiger partial charge in [0.05, 0.1) is 102 Å². The molecule has 28 N–H and O–H groups in total. The summed E-state index contributed by atoms with van der Waals surface area (Å²) in [5, 5.41) is 67.4. The van der Waals surface area contributed by atoms with E-state index in [9.17, 15) is 64.1 Å². The van der Waals surface area contributed by atoms with E-state index in [0.29, 0.717) is 112 Å². The number of carboxylic acid groups (broad SMARTS) is 2. The summed E-state index contributed by atoms with van der Waals surface area (Å²) in [7, 11) is 8.36. The molecule has 0 aliphatic carbocycles. The maximum atomic E-state index is 13.8. The van der Waals surface area contributed by atoms with Gasteiger partial charge in [-0.25, -0.2) is 98.4 Å². The quantitative estimate of drug-likeness (QED) is 0.00588. The first kappa shape index (κ1) is 123. The fourth-order valence-corrected chi connectivity index (χ4v) is 11.8. The topological polar surface area (TPSA) is 709 Å². The van der Waals surface area contributed by atoms with Crippen LogP contribution in [0.1, 0.15) is 43.7 Å². The number of nitrogen functional groups attached to an aromatic ring is 3. The third kappa shape index (κ3) is 39.8. The second-order valence-electron chi connectivity index (χ2n) is 27.4. The van der Waals surface area contributed by atoms with Crippen LogP contribution in [0.3, 0.4) is 0 Å². The van der Waals surface area contributed by atoms with Crippen LogP contribution in [0.4, 0.5) is 91.1 Å². The minimum atomic E-state index is -1.67. The zero-order valence-corrected chi connectivity index (χ0v) is 81.8. The summed E-state index contributed by atoms with van der Waals surface area (Å²) in [6.07, 6.45) is 8.28. The molecule has 0 spiro atoms. The monoisotopic (exact) mass is 2230 g/mol. The van der Waals surface area contributed by atoms with Gasteiger partial charge in [0.15, 0.2) is 23.2 Å². The first-order valence-corrected chi connectivity index (χ1v) is 44.5. The Labute approximate surface area is 864 Å². The molecule has 43 nitrogen and oxygen atoms in total. The van der Waals surface area contributed by atoms with Gasteiger partial charge in [-0.05, 0) is 147 Å². The molecule has 0 aliphatic rings. The van der Waals surface area contributed by atoms with Crippen molar-refractivity contribution in [1.29, 1.82) is 5.41 Å². The third-order valence-electron chi connectivity index (χ3n) is 17.0. The van der Waals surface area contributed by atoms with Gasteiger partial charge in [0, 0.05) is 146 Å². The highest BCUT2D eigenvalue weighted by molar-refractivity contribution is 8.26. The maximum absolute atomic E-state index is 13.8. The van der Waals surface area contributed by atoms with Crippen molar-refractivity contribution in [2.75, 3.05) is 40.3 Å². The summed E-state index contributed by atoms with van der Waals surface area (Å²) in [6, 6.07) is 37.4. The molecule has 148 heavy (non-hydrogen) atoms. The molecule has 786 valence electrons. The summed E-state index contributed by atoms with van der Waals surface area (Å²) in [4.78, 5) is 120. The van der Waals surface area contributed by atoms with Crippen molar-refractivity contribution < 1.29 is 125 Å². The van der Waals surface area contributed by atoms with E-state index in [4.69, 9.17) is 127 Å². The highest BCUT2D eigenvalue weighted by Crippen LogP contribution is 2.36. The van der Waals surface area contributed by atoms with Gasteiger partial charge >= 0.3 is 5.97 Å². The highest BCUT2D eigenvalue weighted by Gasteiger charge is 2.19. The van der Waals surface area contributed by atoms with Crippen LogP contribution in [-0.2, 0) is 47.2 Å². The fourth-order valence-electron chi connectivity index (χ4n) is 10.9. The van der Waals surface area contributed by atoms with E-state index in [1.54, 1.807) is 44.2 Å². The minimum absolute atomic E-state index is 0. The van der Waals surface area contributed by atoms with Crippen molar-refractivity contribution in [3.05, 3.63) is 323 Å². The Morgan fingerprint density at radius 3 is 1.13 bits per heavy atom. The lowest BCUT2D eigenvalue weighted by atomic mass is 10.1. The lowest BCUT2D eigenvalue weighted by Crippen LogP contribution is -2.09. The van der Waals surface area contributed by atoms with Gasteiger partial charge < -0.3 is 99.0 Å². The Morgan fingerprint density at radius 1 is 0.432 bits per heavy atom. The van der Waals surface area contributed by atoms with E-state index < -0.39 is 73.3 Å². The number of benzene rings is 11. The van der Waals surface area contributed by atoms with E-state index in [1.165, 1.54) is 135 Å². The summed E-state index contributed by atoms with van der Waals surface area (Å²) < 4.78 is 126. The number of aromatic amines is 2. The molecule has 11 aromatic carbocycles. The number of carboxylic acids is 2. The maximum Gasteiger partial charge on any atom is 0.337 e. The van der Waals surface area contributed by atoms with E-state index in [0.717, 1.165) is 62.8 Å². The number of anilines is 9. The Morgan fingerprint density at radius 2 is 0.750 bits per heavy atom. The van der Waals surface area contributed by atoms with Crippen LogP contribution in [0, 0.1) is 57.8 Å². The molecule has 0 aliphatic heterocycles. The zero-order valence-electron chi connectivity index (χ0n) is 75.7. The van der Waals surface area contributed by atoms with E-state index >= 15 is 0 Å². The van der Waals surface area contributed by atoms with Crippen molar-refractivity contribution in [3.8, 4) is 23.0 Å². The Balaban J connectivity index is 0.000000351. The average Bonchev–Trinajstić information content (AvgIpc) is 0.795. The van der Waals surface area contributed by atoms with Crippen molar-refractivity contribution >= 4 is 224 Å². The molecule has 17 rings (SSSR count). The number of hydrogen-bond acceptors (Lipinski definition) is 38. The van der Waals surface area contributed by atoms with Crippen LogP contribution in [-0.4, -0.2) is 126 Å². The van der Waals surface area contributed by atoms with E-state index in [-0.39, 0.29) is 103 Å². The molecule has 0 unspecified atom stereocenters. The standard InChI is InChI=1S/C15H12ClFN4O3.C15H12ClFN4O.C14H9ClF2N4O2.C8H5ClFN3O2.C8H6FN3O3.C8H5FN2O.C7H6FNO2.C6H5ClFN.C3H8O.C2H4O2.CH4N2.CH4O.Cl2OS.H2/c16-11-4-9(1-2-12(11)17)21-15-10-5-14(23-24-18)8(6-22)3-13(10)19-7-20-15;16-11-4-9(1-2-12(11)17)21-15-10-5-13(18)8(6-22)3-14(10)19-7-20-15;15-9-3-7(1-2-10(9)16)21-14-8-4-13(22-23-18)11(17)5-12(8)19-6-20-14;9-8-4-1-7(14-15-11)5(10)2-6(4)12-3-13-8;9-5-2-6-4(1-7(5)14-15-10)8(13)12-3-11-6;9-5-1-2-6-7(3-5)10-4-11-8(6)12;8-4-1-2-5(7(10)11)6(9)3-4;7-5-3-4(9)1-2-6(5)8;1-3(2)4;1-2(3)4;2-1-3;1-2;1-4(2)3;/h1-5,7,22H,6,18H2,(H,19,20,21);1-5,7,22H,6,18H2,(H,19,20,21);1-6H,18H2,(H,19,20,21);1-3H,11H2;1-3H,10H2,(H,11,12,13);1-4H,(H,10,11,12);1-3H,9H2,(H,10,11);1-3H,9H2;3-4H,1-2H3;1H3,(H,3,4);1H,(H3,2,3);2H,1H3;;1H. The molecule has 0 atom stereocenters. The summed E-state index contributed by atoms with van der Waals surface area (Å²) in [5.41, 5.74) is 26.1. The number of fused-ring (bicyclic) bond motifs is 6. The van der Waals surface area contributed by atoms with Crippen LogP contribution >= 0.6 is 79.4 Å². The predicted molar refractivity (Wildman–Crippen MR) is 539 cm³/mol. The van der Waals surface area contributed by atoms with Crippen molar-refractivity contribution in [1.82, 2.24) is 59.8 Å². The molecule has 0 saturated carbocycles. The molecular weight excluding hydrogens is 2150 g/mol. The van der Waals surface area contributed by atoms with Crippen LogP contribution in [0.2, 0.25) is 25.2 Å². The van der Waals surface area contributed by atoms with Gasteiger partial charge in [-0.1, -0.05) is 78.0 Å². The molecule has 60 heteroatoms. The Bertz CT molecular complexity index is 7500. The number of aliphatic hydroxyl groups excluding tert-OH is 4. The predicted octanol–water partition coefficient (Wildman–Crippen LogP) is 16.6. The molecule has 0 bridgehead atoms. The van der Waals surface area contributed by atoms with Crippen LogP contribution in [0.15, 0.2) is 217 Å². The van der Waals surface area contributed by atoms with Crippen molar-refractivity contribution in [2.45, 2.75) is 40.1 Å². The number of carbonyl (C=O) groups is 2. The molecule has 0 fully saturated rings. The SMILES string of the molecule is CC(=O)O.CC(C)O.CO.N=CN.NOOc1cc2c(=O)[nH]cnc2cc1F.NOOc1cc2c(Cl)ncnc2cc1F.NOOc1cc2c(Nc3ccc(F)c(Cl)c3)ncnc2cc1CO.NOOc1cc2c(Nc3ccc(F)c(Cl)c3)ncnc2cc1F.Nc1cc(F)ccc1C(=O)O.Nc1cc2c(Nc3ccc(F)c(Cl)c3)ncnc2cc1CO.Nc1ccc(F)c(Cl)c1.O=S(Cl)Cl.O=c1[nH]cnc2cc(F)ccc12.[HH]. The number of nitrogens with two attached hydrogens (primary N) is 8. The Kier molecular flexibility index (Phi) is 52.4. The number of nitrogens with zero attached hydrogens (tertiary/aromatic N) is 10. The lowest BCUT2D eigenvalue weighted by molar-refractivity contribution is -0.213. The van der Waals surface area contributed by atoms with Crippen LogP contribution in [0.5, 0.6) is 23.0 Å². The number of rotatable bonds is 17. The third-order valence-corrected chi connectivity index (χ3v) is 18.4. The molecule has 0 radical (unpaired) electrons. The first-order valence-electron chi connectivity index (χ1n) is 39.8. The van der Waals surface area contributed by atoms with Crippen LogP contribution < -0.4 is 93.1 Å². The number of aliphatic hydroxyl groups is 4. The number of nitrogens with one attached hydrogen (secondary N) is 6. The Hall–Kier alpha value is -15.5. The molecular formula is C88H82Cl7F9N24O19S. The smallest absolute Gasteiger partial charge is 0.337 e. The molecule has 0 saturated heterocycles. The number of hydrogen-bond donors (Lipinski definition) is 20. The number of aromatic nitrogens is 12. The second kappa shape index (κ2) is 63.1. The fraction of sp³-hybridized carbons (Fsp3) is 0.0795. The number of H-pyrrole nitrogens is 2. The largest absolute Gasteiger partial charge is 0.481 e. The van der Waals surface area contributed by atoms with Gasteiger partial charge in [0.25, 0.3) is 17.1 Å². The average molecular weight is 2230 g/mol. The van der Waals surface area contributed by atoms with Gasteiger partial charge in [0.1, 0.15) is 82.8 Å². The lowest BCUT2D eigenvalue weighted by Gasteiger charge is -2.11. The molecule has 0 amide bonds. The first-order chi connectivity index (χ1) is 70.4. The molecule has 6 heterocycles. The number of aliphatic carboxylic acids is 1. The minimum Gasteiger partial charge on any atom is -0.481 e. The van der Waals surface area contributed by atoms with E-state index in [2.05, 4.69) is 149 Å². The van der Waals surface area contributed by atoms with Gasteiger partial charge in [0.2, 0.25) is 26.5 Å². The zero-order chi connectivity index (χ0) is 110. The summed E-state index contributed by atoms with van der Waals surface area (Å²) >= 11 is 28.4. The highest BCUT2D eigenvalue weighted by atomic mass is 36.0. The number of halogens is 16. The van der Waals surface area contributed by atoms with Crippen LogP contribution in [0.25, 0.3) is 65.4 Å². The normalized spacial score (nSPS) is 10.1. The molecule has 17 aromatic rings. The van der Waals surface area contributed by atoms with Crippen molar-refractivity contribution in [3.63, 3.8) is 0 Å². The van der Waals surface area contributed by atoms with Gasteiger partial charge in [-0.15, -0.1) is 0 Å². The summed E-state index contributed by atoms with van der Waals surface area (Å²) in [6.45, 7) is 4.08. The summed E-state index contributed by atoms with van der Waals surface area (Å²) in [5.74, 6) is 12.9. The second-order valence-corrected chi connectivity index (χ2v) is 31.9. The van der Waals surface area contributed by atoms with Gasteiger partial charge in [-0.2, -0.15) is 23.6 Å².